The molecule has 28 heteroatoms. The molecule has 4 heterocycles. The third-order valence-electron chi connectivity index (χ3n) is 11.1. The second kappa shape index (κ2) is 27.9. The van der Waals surface area contributed by atoms with Crippen molar-refractivity contribution in [3.8, 4) is 0 Å². The van der Waals surface area contributed by atoms with E-state index in [1.54, 1.807) is 46.4 Å². The maximum atomic E-state index is 14.3. The molecule has 5 N–H and O–H groups in total. The molecule has 80 heavy (non-hydrogen) atoms. The van der Waals surface area contributed by atoms with Crippen LogP contribution in [0.15, 0.2) is 33.3 Å². The number of aliphatic carboxylic acids is 2. The predicted molar refractivity (Wildman–Crippen MR) is 267 cm³/mol. The monoisotopic (exact) mass is 1150 g/mol. The van der Waals surface area contributed by atoms with E-state index < -0.39 is 101 Å². The van der Waals surface area contributed by atoms with Crippen molar-refractivity contribution < 1.29 is 92.2 Å². The number of carboxylic acids is 2. The van der Waals surface area contributed by atoms with Gasteiger partial charge < -0.3 is 49.6 Å². The van der Waals surface area contributed by atoms with Gasteiger partial charge >= 0.3 is 30.3 Å². The van der Waals surface area contributed by atoms with E-state index in [1.807, 2.05) is 20.8 Å². The smallest absolute Gasteiger partial charge is 0.481 e. The molecule has 0 radical (unpaired) electrons. The lowest BCUT2D eigenvalue weighted by molar-refractivity contribution is -0.192. The van der Waals surface area contributed by atoms with Crippen molar-refractivity contribution in [3.63, 3.8) is 0 Å². The van der Waals surface area contributed by atoms with Crippen LogP contribution in [0.3, 0.4) is 0 Å². The van der Waals surface area contributed by atoms with Gasteiger partial charge in [-0.25, -0.2) is 40.7 Å². The summed E-state index contributed by atoms with van der Waals surface area (Å²) < 4.78 is 134. The standard InChI is InChI=1S/C25H33F3N4O4.C15H18F3NO4.C10H17N3O.C2HF3O2/c1-24(2,3)22-30-21(36-31-22)19-8-7-9-32(19)20(33)12-15(29-23(34)35-25(4,5)6)10-14-11-17(27)18(28)13-16(14)26;1-15(2,3)23-14(22)19-9(6-13(20)21)4-8-5-11(17)12(18)7-10(8)16;1-10(2,3)9-12-8(14-13-9)7-5-4-6-11-7;3-2(4,5)1(6)7/h11,13,15,19H,7-10,12H2,1-6H3,(H,29,34);5,7,9H,4,6H2,1-3H3,(H,19,22)(H,20,21);7,11H,4-6H2,1-3H3;(H,6,7)/t15-,19+;9-;7-;/m110./s1. The lowest BCUT2D eigenvalue weighted by atomic mass is 9.96. The largest absolute Gasteiger partial charge is 0.490 e. The maximum Gasteiger partial charge on any atom is 0.490 e. The molecule has 2 fully saturated rings. The molecule has 2 saturated heterocycles. The number of nitrogens with one attached hydrogen (secondary N) is 3. The number of hydrogen-bond acceptors (Lipinski definition) is 14. The molecule has 2 aliphatic heterocycles. The second-order valence-corrected chi connectivity index (χ2v) is 22.7. The van der Waals surface area contributed by atoms with E-state index in [4.69, 9.17) is 33.5 Å². The number of halogens is 9. The van der Waals surface area contributed by atoms with Crippen LogP contribution in [0.4, 0.5) is 49.1 Å². The van der Waals surface area contributed by atoms with Gasteiger partial charge in [0.25, 0.3) is 0 Å². The Labute approximate surface area is 456 Å². The summed E-state index contributed by atoms with van der Waals surface area (Å²) >= 11 is 0. The summed E-state index contributed by atoms with van der Waals surface area (Å²) in [6.45, 7) is 23.5. The lowest BCUT2D eigenvalue weighted by Crippen LogP contribution is -2.44. The Morgan fingerprint density at radius 3 is 1.43 bits per heavy atom. The van der Waals surface area contributed by atoms with E-state index in [9.17, 15) is 58.7 Å². The van der Waals surface area contributed by atoms with Gasteiger partial charge in [0, 0.05) is 48.0 Å². The third kappa shape index (κ3) is 22.6. The Balaban J connectivity index is 0.000000323. The number of rotatable bonds is 12. The van der Waals surface area contributed by atoms with Gasteiger partial charge in [0.05, 0.1) is 12.5 Å². The lowest BCUT2D eigenvalue weighted by Gasteiger charge is -2.27. The van der Waals surface area contributed by atoms with Gasteiger partial charge in [0.2, 0.25) is 17.7 Å². The Morgan fingerprint density at radius 1 is 0.637 bits per heavy atom. The van der Waals surface area contributed by atoms with Crippen LogP contribution in [0.2, 0.25) is 0 Å². The van der Waals surface area contributed by atoms with Crippen LogP contribution < -0.4 is 16.0 Å². The van der Waals surface area contributed by atoms with E-state index in [1.165, 1.54) is 6.42 Å². The first-order valence-corrected chi connectivity index (χ1v) is 25.1. The van der Waals surface area contributed by atoms with E-state index >= 15 is 0 Å². The van der Waals surface area contributed by atoms with Crippen molar-refractivity contribution in [3.05, 3.63) is 93.7 Å². The zero-order valence-electron chi connectivity index (χ0n) is 46.4. The molecule has 19 nitrogen and oxygen atoms in total. The van der Waals surface area contributed by atoms with E-state index in [-0.39, 0.29) is 53.2 Å². The van der Waals surface area contributed by atoms with Crippen molar-refractivity contribution in [2.45, 2.75) is 187 Å². The average Bonchev–Trinajstić information content (AvgIpc) is 4.13. The van der Waals surface area contributed by atoms with Crippen LogP contribution in [0.25, 0.3) is 0 Å². The summed E-state index contributed by atoms with van der Waals surface area (Å²) in [7, 11) is 0. The number of ether oxygens (including phenoxy) is 2. The summed E-state index contributed by atoms with van der Waals surface area (Å²) in [5, 5.41) is 32.2. The number of amides is 3. The molecule has 6 rings (SSSR count). The van der Waals surface area contributed by atoms with Gasteiger partial charge in [-0.3, -0.25) is 9.59 Å². The fourth-order valence-corrected chi connectivity index (χ4v) is 7.38. The fraction of sp³-hybridized carbons (Fsp3) is 0.596. The molecule has 2 aromatic heterocycles. The van der Waals surface area contributed by atoms with Crippen LogP contribution in [0.5, 0.6) is 0 Å². The van der Waals surface area contributed by atoms with Gasteiger partial charge in [-0.1, -0.05) is 51.9 Å². The molecule has 446 valence electrons. The highest BCUT2D eigenvalue weighted by molar-refractivity contribution is 5.79. The molecule has 4 aromatic rings. The minimum absolute atomic E-state index is 0.0274. The summed E-state index contributed by atoms with van der Waals surface area (Å²) in [4.78, 5) is 67.7. The SMILES string of the molecule is CC(C)(C)OC(=O)N[C@@H](CC(=O)N1CCC[C@H]1c1nc(C(C)(C)C)no1)Cc1cc(F)c(F)cc1F.CC(C)(C)OC(=O)N[C@@H](CC(=O)O)Cc1cc(F)c(F)cc1F.CC(C)(C)c1noc([C@@H]2CCCN2)n1.O=C(O)C(F)(F)F. The summed E-state index contributed by atoms with van der Waals surface area (Å²) in [5.74, 6) is -9.09. The van der Waals surface area contributed by atoms with Gasteiger partial charge in [-0.15, -0.1) is 0 Å². The summed E-state index contributed by atoms with van der Waals surface area (Å²) in [6.07, 6.45) is -4.48. The highest BCUT2D eigenvalue weighted by Gasteiger charge is 2.39. The molecule has 0 unspecified atom stereocenters. The van der Waals surface area contributed by atoms with Crippen molar-refractivity contribution in [1.82, 2.24) is 41.1 Å². The number of carboxylic acid groups (broad SMARTS) is 2. The molecular weight excluding hydrogens is 1080 g/mol. The molecule has 2 aromatic carbocycles. The number of aromatic nitrogens is 4. The number of benzene rings is 2. The molecule has 0 bridgehead atoms. The minimum Gasteiger partial charge on any atom is -0.481 e. The van der Waals surface area contributed by atoms with Gasteiger partial charge in [0.15, 0.2) is 34.9 Å². The summed E-state index contributed by atoms with van der Waals surface area (Å²) in [6, 6.07) is 0.0380. The first-order valence-electron chi connectivity index (χ1n) is 25.1. The number of likely N-dealkylation sites (tertiary alicyclic amines) is 1. The third-order valence-corrected chi connectivity index (χ3v) is 11.1. The van der Waals surface area contributed by atoms with Crippen LogP contribution >= 0.6 is 0 Å². The zero-order chi connectivity index (χ0) is 60.9. The molecule has 0 spiro atoms. The molecular formula is C52H69F9N8O11. The number of alkyl halides is 3. The Morgan fingerprint density at radius 2 is 1.05 bits per heavy atom. The Hall–Kier alpha value is -7.00. The number of hydrogen-bond donors (Lipinski definition) is 5. The number of carbonyl (C=O) groups is 5. The first kappa shape index (κ1) is 67.3. The maximum absolute atomic E-state index is 14.3. The number of carbonyl (C=O) groups excluding carboxylic acids is 3. The fourth-order valence-electron chi connectivity index (χ4n) is 7.38. The highest BCUT2D eigenvalue weighted by Crippen LogP contribution is 2.34. The molecule has 2 aliphatic rings. The first-order chi connectivity index (χ1) is 36.6. The minimum atomic E-state index is -5.08. The van der Waals surface area contributed by atoms with Crippen molar-refractivity contribution in [2.24, 2.45) is 0 Å². The molecule has 4 atom stereocenters. The molecule has 0 aliphatic carbocycles. The topological polar surface area (TPSA) is 261 Å². The van der Waals surface area contributed by atoms with Crippen molar-refractivity contribution in [1.29, 1.82) is 0 Å². The van der Waals surface area contributed by atoms with Crippen LogP contribution in [0, 0.1) is 34.9 Å². The van der Waals surface area contributed by atoms with E-state index in [2.05, 4.69) is 57.0 Å². The van der Waals surface area contributed by atoms with Crippen LogP contribution in [-0.4, -0.2) is 108 Å². The van der Waals surface area contributed by atoms with Gasteiger partial charge in [0.1, 0.15) is 28.9 Å². The molecule has 3 amide bonds. The highest BCUT2D eigenvalue weighted by atomic mass is 19.4. The van der Waals surface area contributed by atoms with E-state index in [0.29, 0.717) is 49.3 Å². The predicted octanol–water partition coefficient (Wildman–Crippen LogP) is 10.4. The zero-order valence-corrected chi connectivity index (χ0v) is 46.4. The van der Waals surface area contributed by atoms with Crippen LogP contribution in [0.1, 0.15) is 168 Å². The Bertz CT molecular complexity index is 2740. The summed E-state index contributed by atoms with van der Waals surface area (Å²) in [5.41, 5.74) is -2.38. The van der Waals surface area contributed by atoms with E-state index in [0.717, 1.165) is 30.7 Å². The van der Waals surface area contributed by atoms with Crippen molar-refractivity contribution >= 4 is 30.0 Å². The quantitative estimate of drug-likeness (QED) is 0.0652. The number of alkyl carbamates (subject to hydrolysis) is 2. The Kier molecular flexibility index (Phi) is 23.5. The average molecular weight is 1150 g/mol. The van der Waals surface area contributed by atoms with Crippen LogP contribution in [-0.2, 0) is 47.5 Å². The van der Waals surface area contributed by atoms with Gasteiger partial charge in [-0.2, -0.15) is 23.1 Å². The normalized spacial score (nSPS) is 16.4. The number of nitrogens with zero attached hydrogens (tertiary/aromatic N) is 5. The second-order valence-electron chi connectivity index (χ2n) is 22.7. The molecule has 0 saturated carbocycles. The van der Waals surface area contributed by atoms with Gasteiger partial charge in [-0.05, 0) is 110 Å². The van der Waals surface area contributed by atoms with Crippen molar-refractivity contribution in [2.75, 3.05) is 13.1 Å².